The number of anilines is 12. The highest BCUT2D eigenvalue weighted by Gasteiger charge is 2.43. The van der Waals surface area contributed by atoms with Crippen molar-refractivity contribution in [2.75, 3.05) is 19.6 Å². The van der Waals surface area contributed by atoms with Gasteiger partial charge < -0.3 is 24.3 Å². The van der Waals surface area contributed by atoms with E-state index in [9.17, 15) is 0 Å². The lowest BCUT2D eigenvalue weighted by Gasteiger charge is -2.45. The molecule has 0 N–H and O–H groups in total. The Kier molecular flexibility index (Phi) is 10.9. The van der Waals surface area contributed by atoms with Gasteiger partial charge in [0, 0.05) is 69.0 Å². The van der Waals surface area contributed by atoms with E-state index in [1.807, 2.05) is 0 Å². The Morgan fingerprint density at radius 2 is 0.681 bits per heavy atom. The molecule has 6 heteroatoms. The molecule has 0 atom stereocenters. The molecular formula is C66H47BN4O. The van der Waals surface area contributed by atoms with Crippen molar-refractivity contribution in [3.63, 3.8) is 0 Å². The van der Waals surface area contributed by atoms with Gasteiger partial charge >= 0.3 is 0 Å². The SMILES string of the molecule is c1ccc(-c2cc(Oc3cccc(N(c4ccccc4)c4cc5c6c(c4)N(c4ccccc4)c4ccccc4B6c4ccccc4N5c4ccccc4)c3)cc(N(c3ccccc3)c3ccccc3)c2)cc1. The molecule has 0 saturated heterocycles. The van der Waals surface area contributed by atoms with Gasteiger partial charge in [-0.05, 0) is 137 Å². The lowest BCUT2D eigenvalue weighted by molar-refractivity contribution is 0.483. The Morgan fingerprint density at radius 1 is 0.278 bits per heavy atom. The lowest BCUT2D eigenvalue weighted by Crippen LogP contribution is -2.61. The molecule has 0 amide bonds. The van der Waals surface area contributed by atoms with Gasteiger partial charge in [0.2, 0.25) is 0 Å². The molecule has 11 aromatic rings. The van der Waals surface area contributed by atoms with Gasteiger partial charge in [0.25, 0.3) is 6.71 Å². The predicted molar refractivity (Wildman–Crippen MR) is 302 cm³/mol. The first-order valence-electron chi connectivity index (χ1n) is 24.5. The molecule has 0 unspecified atom stereocenters. The summed E-state index contributed by atoms with van der Waals surface area (Å²) >= 11 is 0. The molecule has 0 aliphatic carbocycles. The van der Waals surface area contributed by atoms with Crippen LogP contribution in [-0.2, 0) is 0 Å². The topological polar surface area (TPSA) is 22.2 Å². The molecule has 5 nitrogen and oxygen atoms in total. The molecular weight excluding hydrogens is 876 g/mol. The average Bonchev–Trinajstić information content (AvgIpc) is 3.45. The van der Waals surface area contributed by atoms with E-state index >= 15 is 0 Å². The van der Waals surface area contributed by atoms with Crippen LogP contribution in [-0.4, -0.2) is 6.71 Å². The maximum atomic E-state index is 7.08. The molecule has 13 rings (SSSR count). The number of nitrogens with zero attached hydrogens (tertiary/aromatic N) is 4. The summed E-state index contributed by atoms with van der Waals surface area (Å²) in [5.41, 5.74) is 18.9. The van der Waals surface area contributed by atoms with Gasteiger partial charge in [-0.2, -0.15) is 0 Å². The second-order valence-corrected chi connectivity index (χ2v) is 18.1. The molecule has 72 heavy (non-hydrogen) atoms. The van der Waals surface area contributed by atoms with E-state index in [4.69, 9.17) is 4.74 Å². The quantitative estimate of drug-likeness (QED) is 0.120. The van der Waals surface area contributed by atoms with Crippen LogP contribution in [0.3, 0.4) is 0 Å². The van der Waals surface area contributed by atoms with Crippen molar-refractivity contribution in [2.24, 2.45) is 0 Å². The largest absolute Gasteiger partial charge is 0.457 e. The van der Waals surface area contributed by atoms with E-state index < -0.39 is 0 Å². The van der Waals surface area contributed by atoms with Gasteiger partial charge in [0.15, 0.2) is 0 Å². The van der Waals surface area contributed by atoms with Crippen molar-refractivity contribution >= 4 is 91.3 Å². The van der Waals surface area contributed by atoms with E-state index in [1.54, 1.807) is 0 Å². The molecule has 0 spiro atoms. The van der Waals surface area contributed by atoms with Gasteiger partial charge in [-0.25, -0.2) is 0 Å². The van der Waals surface area contributed by atoms with Crippen LogP contribution < -0.4 is 40.7 Å². The maximum absolute atomic E-state index is 7.08. The summed E-state index contributed by atoms with van der Waals surface area (Å²) in [6, 6.07) is 102. The van der Waals surface area contributed by atoms with E-state index in [2.05, 4.69) is 305 Å². The smallest absolute Gasteiger partial charge is 0.252 e. The normalized spacial score (nSPS) is 12.1. The first-order chi connectivity index (χ1) is 35.7. The molecule has 0 aromatic heterocycles. The monoisotopic (exact) mass is 922 g/mol. The molecule has 340 valence electrons. The van der Waals surface area contributed by atoms with Crippen molar-refractivity contribution in [3.05, 3.63) is 285 Å². The minimum atomic E-state index is 0.00882. The second-order valence-electron chi connectivity index (χ2n) is 18.1. The zero-order valence-electron chi connectivity index (χ0n) is 39.4. The first-order valence-corrected chi connectivity index (χ1v) is 24.5. The molecule has 0 radical (unpaired) electrons. The van der Waals surface area contributed by atoms with Crippen LogP contribution in [0.15, 0.2) is 285 Å². The van der Waals surface area contributed by atoms with Crippen LogP contribution >= 0.6 is 0 Å². The second kappa shape index (κ2) is 18.4. The fourth-order valence-corrected chi connectivity index (χ4v) is 10.7. The Balaban J connectivity index is 0.994. The Bertz CT molecular complexity index is 3540. The third kappa shape index (κ3) is 7.72. The van der Waals surface area contributed by atoms with Gasteiger partial charge in [0.1, 0.15) is 11.5 Å². The number of fused-ring (bicyclic) bond motifs is 4. The molecule has 2 aliphatic rings. The summed E-state index contributed by atoms with van der Waals surface area (Å²) < 4.78 is 7.08. The molecule has 11 aromatic carbocycles. The minimum Gasteiger partial charge on any atom is -0.457 e. The van der Waals surface area contributed by atoms with Crippen LogP contribution in [0.5, 0.6) is 11.5 Å². The van der Waals surface area contributed by atoms with Crippen LogP contribution in [0.1, 0.15) is 0 Å². The Labute approximate surface area is 421 Å². The van der Waals surface area contributed by atoms with Crippen LogP contribution in [0.25, 0.3) is 11.1 Å². The summed E-state index contributed by atoms with van der Waals surface area (Å²) in [4.78, 5) is 9.57. The summed E-state index contributed by atoms with van der Waals surface area (Å²) in [6.07, 6.45) is 0. The fourth-order valence-electron chi connectivity index (χ4n) is 10.7. The van der Waals surface area contributed by atoms with E-state index in [1.165, 1.54) is 27.8 Å². The molecule has 0 bridgehead atoms. The highest BCUT2D eigenvalue weighted by atomic mass is 16.5. The maximum Gasteiger partial charge on any atom is 0.252 e. The van der Waals surface area contributed by atoms with Gasteiger partial charge in [-0.1, -0.05) is 164 Å². The predicted octanol–water partition coefficient (Wildman–Crippen LogP) is 16.2. The Hall–Kier alpha value is -9.52. The average molecular weight is 923 g/mol. The van der Waals surface area contributed by atoms with Gasteiger partial charge in [0.05, 0.1) is 11.4 Å². The zero-order chi connectivity index (χ0) is 47.8. The minimum absolute atomic E-state index is 0.00882. The molecule has 2 aliphatic heterocycles. The summed E-state index contributed by atoms with van der Waals surface area (Å²) in [5.74, 6) is 1.44. The van der Waals surface area contributed by atoms with E-state index in [0.717, 1.165) is 79.5 Å². The van der Waals surface area contributed by atoms with Gasteiger partial charge in [-0.15, -0.1) is 0 Å². The number of benzene rings is 11. The fraction of sp³-hybridized carbons (Fsp3) is 0. The van der Waals surface area contributed by atoms with E-state index in [0.29, 0.717) is 0 Å². The number of para-hydroxylation sites is 7. The first kappa shape index (κ1) is 42.6. The lowest BCUT2D eigenvalue weighted by atomic mass is 9.33. The number of hydrogen-bond acceptors (Lipinski definition) is 5. The molecule has 2 heterocycles. The molecule has 0 fully saturated rings. The summed E-state index contributed by atoms with van der Waals surface area (Å²) in [5, 5.41) is 0. The third-order valence-corrected chi connectivity index (χ3v) is 13.8. The third-order valence-electron chi connectivity index (χ3n) is 13.8. The number of ether oxygens (including phenoxy) is 1. The van der Waals surface area contributed by atoms with Crippen LogP contribution in [0.2, 0.25) is 0 Å². The standard InChI is InChI=1S/C66H47BN4O/c1-7-24-48(25-8-1)49-42-56(68(50-26-9-2-10-27-50)51-28-11-3-12-29-51)45-59(43-49)72-58-37-23-36-55(44-58)69(52-30-13-4-14-31-52)57-46-64-66-65(47-57)71(54-34-17-6-18-35-54)63-41-22-20-39-61(63)67(66)60-38-19-21-40-62(60)70(64)53-32-15-5-16-33-53/h1-47H. The van der Waals surface area contributed by atoms with Crippen molar-refractivity contribution in [1.82, 2.24) is 0 Å². The van der Waals surface area contributed by atoms with Crippen LogP contribution in [0, 0.1) is 0 Å². The summed E-state index contributed by atoms with van der Waals surface area (Å²) in [6.45, 7) is 0.00882. The zero-order valence-corrected chi connectivity index (χ0v) is 39.4. The van der Waals surface area contributed by atoms with Crippen LogP contribution in [0.4, 0.5) is 68.2 Å². The van der Waals surface area contributed by atoms with Crippen molar-refractivity contribution in [1.29, 1.82) is 0 Å². The Morgan fingerprint density at radius 3 is 1.19 bits per heavy atom. The summed E-state index contributed by atoms with van der Waals surface area (Å²) in [7, 11) is 0. The highest BCUT2D eigenvalue weighted by molar-refractivity contribution is 7.00. The van der Waals surface area contributed by atoms with Crippen molar-refractivity contribution < 1.29 is 4.74 Å². The number of hydrogen-bond donors (Lipinski definition) is 0. The number of rotatable bonds is 11. The van der Waals surface area contributed by atoms with E-state index in [-0.39, 0.29) is 6.71 Å². The highest BCUT2D eigenvalue weighted by Crippen LogP contribution is 2.49. The van der Waals surface area contributed by atoms with Gasteiger partial charge in [-0.3, -0.25) is 0 Å². The van der Waals surface area contributed by atoms with Crippen molar-refractivity contribution in [3.8, 4) is 22.6 Å². The molecule has 0 saturated carbocycles. The van der Waals surface area contributed by atoms with Crippen molar-refractivity contribution in [2.45, 2.75) is 0 Å².